The number of nitrogens with one attached hydrogen (secondary N) is 1. The fourth-order valence-corrected chi connectivity index (χ4v) is 3.33. The van der Waals surface area contributed by atoms with Crippen LogP contribution in [0.3, 0.4) is 0 Å². The summed E-state index contributed by atoms with van der Waals surface area (Å²) in [5.74, 6) is 1.40. The molecule has 0 unspecified atom stereocenters. The van der Waals surface area contributed by atoms with E-state index in [4.69, 9.17) is 0 Å². The third-order valence-corrected chi connectivity index (χ3v) is 4.57. The van der Waals surface area contributed by atoms with Crippen molar-refractivity contribution in [3.8, 4) is 0 Å². The Kier molecular flexibility index (Phi) is 3.53. The number of hydrogen-bond donors (Lipinski definition) is 1. The van der Waals surface area contributed by atoms with Gasteiger partial charge < -0.3 is 4.57 Å². The maximum atomic E-state index is 11.8. The van der Waals surface area contributed by atoms with E-state index in [1.54, 1.807) is 6.20 Å². The molecule has 1 aliphatic rings. The zero-order chi connectivity index (χ0) is 12.5. The molecule has 1 saturated carbocycles. The second kappa shape index (κ2) is 4.78. The molecule has 1 aliphatic carbocycles. The van der Waals surface area contributed by atoms with E-state index >= 15 is 0 Å². The highest BCUT2D eigenvalue weighted by molar-refractivity contribution is 7.89. The molecule has 0 aliphatic heterocycles. The largest absolute Gasteiger partial charge is 0.337 e. The van der Waals surface area contributed by atoms with Gasteiger partial charge in [0.2, 0.25) is 10.0 Å². The number of aromatic nitrogens is 2. The van der Waals surface area contributed by atoms with Crippen molar-refractivity contribution in [3.63, 3.8) is 0 Å². The van der Waals surface area contributed by atoms with Gasteiger partial charge in [-0.25, -0.2) is 18.1 Å². The van der Waals surface area contributed by atoms with Crippen LogP contribution in [0.15, 0.2) is 12.4 Å². The van der Waals surface area contributed by atoms with Crippen LogP contribution in [0, 0.1) is 5.92 Å². The molecule has 5 nitrogen and oxygen atoms in total. The third-order valence-electron chi connectivity index (χ3n) is 3.01. The van der Waals surface area contributed by atoms with Crippen LogP contribution in [0.1, 0.15) is 38.1 Å². The maximum Gasteiger partial charge on any atom is 0.212 e. The van der Waals surface area contributed by atoms with Crippen molar-refractivity contribution in [2.24, 2.45) is 13.0 Å². The summed E-state index contributed by atoms with van der Waals surface area (Å²) in [6, 6.07) is -0.161. The summed E-state index contributed by atoms with van der Waals surface area (Å²) in [4.78, 5) is 4.26. The summed E-state index contributed by atoms with van der Waals surface area (Å²) in [6.07, 6.45) is 6.34. The molecular formula is C11H19N3O2S. The third kappa shape index (κ3) is 3.07. The fourth-order valence-electron chi connectivity index (χ4n) is 1.99. The van der Waals surface area contributed by atoms with Gasteiger partial charge in [0.1, 0.15) is 5.82 Å². The maximum absolute atomic E-state index is 11.8. The van der Waals surface area contributed by atoms with Crippen molar-refractivity contribution < 1.29 is 8.42 Å². The zero-order valence-electron chi connectivity index (χ0n) is 10.3. The van der Waals surface area contributed by atoms with Crippen LogP contribution in [0.4, 0.5) is 0 Å². The number of imidazole rings is 1. The summed E-state index contributed by atoms with van der Waals surface area (Å²) < 4.78 is 28.3. The summed E-state index contributed by atoms with van der Waals surface area (Å²) in [7, 11) is -1.29. The van der Waals surface area contributed by atoms with Gasteiger partial charge in [-0.2, -0.15) is 0 Å². The Morgan fingerprint density at radius 3 is 2.76 bits per heavy atom. The van der Waals surface area contributed by atoms with Crippen LogP contribution in [0.2, 0.25) is 0 Å². The van der Waals surface area contributed by atoms with Crippen LogP contribution in [-0.2, 0) is 17.1 Å². The van der Waals surface area contributed by atoms with Gasteiger partial charge >= 0.3 is 0 Å². The number of rotatable bonds is 6. The molecule has 2 rings (SSSR count). The van der Waals surface area contributed by atoms with Crippen molar-refractivity contribution in [2.75, 3.05) is 5.75 Å². The molecule has 1 aromatic heterocycles. The van der Waals surface area contributed by atoms with Gasteiger partial charge in [-0.1, -0.05) is 6.92 Å². The predicted molar refractivity (Wildman–Crippen MR) is 65.9 cm³/mol. The smallest absolute Gasteiger partial charge is 0.212 e. The minimum absolute atomic E-state index is 0.161. The first-order chi connectivity index (χ1) is 8.03. The summed E-state index contributed by atoms with van der Waals surface area (Å²) in [5.41, 5.74) is 0. The van der Waals surface area contributed by atoms with Gasteiger partial charge in [-0.05, 0) is 25.2 Å². The lowest BCUT2D eigenvalue weighted by molar-refractivity contribution is 0.499. The number of hydrogen-bond acceptors (Lipinski definition) is 3. The second-order valence-corrected chi connectivity index (χ2v) is 6.52. The lowest BCUT2D eigenvalue weighted by Gasteiger charge is -2.17. The summed E-state index contributed by atoms with van der Waals surface area (Å²) >= 11 is 0. The molecule has 1 atom stereocenters. The molecule has 1 aromatic rings. The van der Waals surface area contributed by atoms with Gasteiger partial charge in [-0.3, -0.25) is 0 Å². The van der Waals surface area contributed by atoms with Crippen LogP contribution in [0.25, 0.3) is 0 Å². The topological polar surface area (TPSA) is 64.0 Å². The van der Waals surface area contributed by atoms with Gasteiger partial charge in [-0.15, -0.1) is 0 Å². The first-order valence-electron chi connectivity index (χ1n) is 6.00. The Morgan fingerprint density at radius 2 is 2.29 bits per heavy atom. The Bertz CT molecular complexity index is 477. The van der Waals surface area contributed by atoms with Crippen molar-refractivity contribution in [3.05, 3.63) is 18.2 Å². The first-order valence-corrected chi connectivity index (χ1v) is 7.66. The molecule has 96 valence electrons. The molecule has 0 saturated heterocycles. The number of sulfonamides is 1. The molecule has 1 fully saturated rings. The molecule has 1 N–H and O–H groups in total. The van der Waals surface area contributed by atoms with Crippen LogP contribution in [0.5, 0.6) is 0 Å². The van der Waals surface area contributed by atoms with Crippen molar-refractivity contribution >= 4 is 10.0 Å². The highest BCUT2D eigenvalue weighted by atomic mass is 32.2. The monoisotopic (exact) mass is 257 g/mol. The van der Waals surface area contributed by atoms with E-state index in [9.17, 15) is 8.42 Å². The van der Waals surface area contributed by atoms with E-state index in [0.717, 1.165) is 18.7 Å². The molecule has 0 bridgehead atoms. The molecule has 6 heteroatoms. The van der Waals surface area contributed by atoms with E-state index in [1.807, 2.05) is 24.7 Å². The van der Waals surface area contributed by atoms with Crippen molar-refractivity contribution in [2.45, 2.75) is 32.2 Å². The van der Waals surface area contributed by atoms with E-state index in [2.05, 4.69) is 9.71 Å². The zero-order valence-corrected chi connectivity index (χ0v) is 11.1. The first kappa shape index (κ1) is 12.6. The average Bonchev–Trinajstić information content (AvgIpc) is 2.99. The molecule has 0 aromatic carbocycles. The summed E-state index contributed by atoms with van der Waals surface area (Å²) in [5, 5.41) is 0. The Balaban J connectivity index is 2.17. The van der Waals surface area contributed by atoms with E-state index in [1.165, 1.54) is 0 Å². The van der Waals surface area contributed by atoms with E-state index in [-0.39, 0.29) is 11.8 Å². The minimum Gasteiger partial charge on any atom is -0.337 e. The predicted octanol–water partition coefficient (Wildman–Crippen LogP) is 1.20. The SMILES string of the molecule is CCCS(=O)(=O)N[C@H](c1nccn1C)C1CC1. The highest BCUT2D eigenvalue weighted by Crippen LogP contribution is 2.40. The Labute approximate surface area is 102 Å². The quantitative estimate of drug-likeness (QED) is 0.833. The molecule has 17 heavy (non-hydrogen) atoms. The minimum atomic E-state index is -3.18. The molecule has 1 heterocycles. The van der Waals surface area contributed by atoms with Gasteiger partial charge in [0.05, 0.1) is 11.8 Å². The molecule has 0 spiro atoms. The molecule has 0 amide bonds. The lowest BCUT2D eigenvalue weighted by atomic mass is 10.2. The van der Waals surface area contributed by atoms with Crippen molar-refractivity contribution in [1.82, 2.24) is 14.3 Å². The van der Waals surface area contributed by atoms with Crippen molar-refractivity contribution in [1.29, 1.82) is 0 Å². The Morgan fingerprint density at radius 1 is 1.59 bits per heavy atom. The number of nitrogens with zero attached hydrogens (tertiary/aromatic N) is 2. The highest BCUT2D eigenvalue weighted by Gasteiger charge is 2.36. The fraction of sp³-hybridized carbons (Fsp3) is 0.727. The average molecular weight is 257 g/mol. The summed E-state index contributed by atoms with van der Waals surface area (Å²) in [6.45, 7) is 1.87. The van der Waals surface area contributed by atoms with Gasteiger partial charge in [0, 0.05) is 19.4 Å². The second-order valence-electron chi connectivity index (χ2n) is 4.65. The van der Waals surface area contributed by atoms with Gasteiger partial charge in [0.25, 0.3) is 0 Å². The molecular weight excluding hydrogens is 238 g/mol. The van der Waals surface area contributed by atoms with Crippen LogP contribution >= 0.6 is 0 Å². The van der Waals surface area contributed by atoms with Crippen LogP contribution < -0.4 is 4.72 Å². The lowest BCUT2D eigenvalue weighted by Crippen LogP contribution is -2.33. The Hall–Kier alpha value is -0.880. The van der Waals surface area contributed by atoms with E-state index in [0.29, 0.717) is 12.3 Å². The standard InChI is InChI=1S/C11H19N3O2S/c1-3-8-17(15,16)13-10(9-4-5-9)11-12-6-7-14(11)2/h6-7,9-10,13H,3-5,8H2,1-2H3/t10-/m0/s1. The van der Waals surface area contributed by atoms with E-state index < -0.39 is 10.0 Å². The number of aryl methyl sites for hydroxylation is 1. The molecule has 0 radical (unpaired) electrons. The van der Waals surface area contributed by atoms with Crippen LogP contribution in [-0.4, -0.2) is 23.7 Å². The van der Waals surface area contributed by atoms with Gasteiger partial charge in [0.15, 0.2) is 0 Å². The normalized spacial score (nSPS) is 18.2.